The highest BCUT2D eigenvalue weighted by atomic mass is 16.1. The Labute approximate surface area is 215 Å². The van der Waals surface area contributed by atoms with Crippen LogP contribution in [0.5, 0.6) is 0 Å². The van der Waals surface area contributed by atoms with Crippen LogP contribution < -0.4 is 16.4 Å². The van der Waals surface area contributed by atoms with Crippen molar-refractivity contribution in [2.45, 2.75) is 0 Å². The molecule has 0 heterocycles. The molecule has 5 aromatic rings. The molecule has 4 N–H and O–H groups in total. The van der Waals surface area contributed by atoms with Gasteiger partial charge >= 0.3 is 0 Å². The number of nitrogen functional groups attached to an aromatic ring is 2. The Morgan fingerprint density at radius 2 is 0.838 bits per heavy atom. The zero-order valence-corrected chi connectivity index (χ0v) is 20.0. The molecule has 180 valence electrons. The van der Waals surface area contributed by atoms with Gasteiger partial charge in [-0.05, 0) is 48.5 Å². The van der Waals surface area contributed by atoms with Gasteiger partial charge in [0.2, 0.25) is 0 Å². The van der Waals surface area contributed by atoms with E-state index < -0.39 is 0 Å². The van der Waals surface area contributed by atoms with Gasteiger partial charge < -0.3 is 16.4 Å². The minimum Gasteiger partial charge on any atom is -0.398 e. The number of ketones is 2. The van der Waals surface area contributed by atoms with Crippen LogP contribution in [0.3, 0.4) is 0 Å². The third-order valence-corrected chi connectivity index (χ3v) is 6.17. The van der Waals surface area contributed by atoms with E-state index in [2.05, 4.69) is 0 Å². The Morgan fingerprint density at radius 3 is 1.24 bits per heavy atom. The number of carbonyl (C=O) groups excluding carboxylic acids is 2. The van der Waals surface area contributed by atoms with E-state index in [4.69, 9.17) is 11.5 Å². The number of carbonyl (C=O) groups is 2. The molecule has 0 atom stereocenters. The summed E-state index contributed by atoms with van der Waals surface area (Å²) in [6.45, 7) is 0. The molecule has 0 aliphatic rings. The van der Waals surface area contributed by atoms with Crippen molar-refractivity contribution in [1.29, 1.82) is 0 Å². The molecular formula is C32H25N3O2. The average Bonchev–Trinajstić information content (AvgIpc) is 2.95. The second-order valence-electron chi connectivity index (χ2n) is 8.60. The summed E-state index contributed by atoms with van der Waals surface area (Å²) in [4.78, 5) is 28.6. The molecule has 0 bridgehead atoms. The molecule has 5 nitrogen and oxygen atoms in total. The molecule has 0 radical (unpaired) electrons. The minimum absolute atomic E-state index is 0.162. The quantitative estimate of drug-likeness (QED) is 0.197. The summed E-state index contributed by atoms with van der Waals surface area (Å²) < 4.78 is 0. The summed E-state index contributed by atoms with van der Waals surface area (Å²) in [5, 5.41) is 0. The number of nitrogens with two attached hydrogens (primary N) is 2. The van der Waals surface area contributed by atoms with Crippen LogP contribution in [-0.4, -0.2) is 11.6 Å². The van der Waals surface area contributed by atoms with Crippen molar-refractivity contribution < 1.29 is 9.59 Å². The highest BCUT2D eigenvalue weighted by Gasteiger charge is 2.20. The molecular weight excluding hydrogens is 458 g/mol. The van der Waals surface area contributed by atoms with Gasteiger partial charge in [0.15, 0.2) is 11.6 Å². The largest absolute Gasteiger partial charge is 0.398 e. The van der Waals surface area contributed by atoms with E-state index in [0.717, 1.165) is 17.1 Å². The number of rotatable bonds is 7. The maximum Gasteiger partial charge on any atom is 0.195 e. The van der Waals surface area contributed by atoms with Gasteiger partial charge in [-0.25, -0.2) is 0 Å². The van der Waals surface area contributed by atoms with Crippen LogP contribution in [0.1, 0.15) is 31.8 Å². The summed E-state index contributed by atoms with van der Waals surface area (Å²) >= 11 is 0. The highest BCUT2D eigenvalue weighted by Crippen LogP contribution is 2.37. The number of nitrogens with zero attached hydrogens (tertiary/aromatic N) is 1. The van der Waals surface area contributed by atoms with Gasteiger partial charge in [-0.15, -0.1) is 0 Å². The molecule has 0 saturated heterocycles. The molecule has 0 fully saturated rings. The minimum atomic E-state index is -0.162. The lowest BCUT2D eigenvalue weighted by Gasteiger charge is -2.27. The normalized spacial score (nSPS) is 10.6. The predicted octanol–water partition coefficient (Wildman–Crippen LogP) is 6.78. The van der Waals surface area contributed by atoms with Gasteiger partial charge in [-0.2, -0.15) is 0 Å². The fourth-order valence-electron chi connectivity index (χ4n) is 4.27. The molecule has 0 saturated carbocycles. The van der Waals surface area contributed by atoms with E-state index >= 15 is 0 Å². The van der Waals surface area contributed by atoms with Crippen molar-refractivity contribution in [2.75, 3.05) is 16.4 Å². The van der Waals surface area contributed by atoms with E-state index in [-0.39, 0.29) is 11.6 Å². The van der Waals surface area contributed by atoms with Gasteiger partial charge in [0.25, 0.3) is 0 Å². The first-order valence-corrected chi connectivity index (χ1v) is 11.9. The van der Waals surface area contributed by atoms with Gasteiger partial charge in [-0.3, -0.25) is 9.59 Å². The molecule has 5 heteroatoms. The Balaban J connectivity index is 1.64. The van der Waals surface area contributed by atoms with E-state index in [9.17, 15) is 9.59 Å². The van der Waals surface area contributed by atoms with Crippen LogP contribution in [0.15, 0.2) is 127 Å². The standard InChI is InChI=1S/C32H25N3O2/c33-29-18-16-25(20-27(29)31(36)22-10-4-1-5-11-22)35(24-14-8-3-9-15-24)26-17-19-30(34)28(21-26)32(37)23-12-6-2-7-13-23/h1-21H,33-34H2. The van der Waals surface area contributed by atoms with Crippen molar-refractivity contribution >= 4 is 40.0 Å². The van der Waals surface area contributed by atoms with Crippen LogP contribution in [0.2, 0.25) is 0 Å². The number of para-hydroxylation sites is 1. The highest BCUT2D eigenvalue weighted by molar-refractivity contribution is 6.14. The van der Waals surface area contributed by atoms with E-state index in [1.807, 2.05) is 83.8 Å². The van der Waals surface area contributed by atoms with E-state index in [1.54, 1.807) is 48.5 Å². The Morgan fingerprint density at radius 1 is 0.459 bits per heavy atom. The Hall–Kier alpha value is -5.16. The first kappa shape index (κ1) is 23.6. The second kappa shape index (κ2) is 10.2. The lowest BCUT2D eigenvalue weighted by molar-refractivity contribution is 0.103. The molecule has 0 unspecified atom stereocenters. The van der Waals surface area contributed by atoms with Gasteiger partial charge in [0.05, 0.1) is 0 Å². The number of hydrogen-bond donors (Lipinski definition) is 2. The lowest BCUT2D eigenvalue weighted by Crippen LogP contribution is -2.14. The predicted molar refractivity (Wildman–Crippen MR) is 150 cm³/mol. The first-order valence-electron chi connectivity index (χ1n) is 11.9. The molecule has 0 spiro atoms. The fourth-order valence-corrected chi connectivity index (χ4v) is 4.27. The summed E-state index contributed by atoms with van der Waals surface area (Å²) in [5.74, 6) is -0.324. The van der Waals surface area contributed by atoms with Gasteiger partial charge in [0, 0.05) is 50.7 Å². The van der Waals surface area contributed by atoms with Gasteiger partial charge in [0.1, 0.15) is 0 Å². The van der Waals surface area contributed by atoms with Crippen LogP contribution in [-0.2, 0) is 0 Å². The van der Waals surface area contributed by atoms with Crippen LogP contribution in [0, 0.1) is 0 Å². The zero-order chi connectivity index (χ0) is 25.8. The third-order valence-electron chi connectivity index (χ3n) is 6.17. The van der Waals surface area contributed by atoms with Crippen LogP contribution >= 0.6 is 0 Å². The summed E-state index contributed by atoms with van der Waals surface area (Å²) in [5.41, 5.74) is 17.5. The van der Waals surface area contributed by atoms with Gasteiger partial charge in [-0.1, -0.05) is 78.9 Å². The van der Waals surface area contributed by atoms with Crippen LogP contribution in [0.25, 0.3) is 0 Å². The monoisotopic (exact) mass is 483 g/mol. The molecule has 0 aromatic heterocycles. The Bertz CT molecular complexity index is 1470. The third kappa shape index (κ3) is 4.83. The molecule has 37 heavy (non-hydrogen) atoms. The number of hydrogen-bond acceptors (Lipinski definition) is 5. The van der Waals surface area contributed by atoms with Crippen molar-refractivity contribution in [2.24, 2.45) is 0 Å². The van der Waals surface area contributed by atoms with Crippen molar-refractivity contribution in [1.82, 2.24) is 0 Å². The molecule has 5 rings (SSSR count). The SMILES string of the molecule is Nc1ccc(N(c2ccccc2)c2ccc(N)c(C(=O)c3ccccc3)c2)cc1C(=O)c1ccccc1. The molecule has 0 aliphatic carbocycles. The summed E-state index contributed by atoms with van der Waals surface area (Å²) in [7, 11) is 0. The van der Waals surface area contributed by atoms with Crippen molar-refractivity contribution in [3.8, 4) is 0 Å². The van der Waals surface area contributed by atoms with Crippen LogP contribution in [0.4, 0.5) is 28.4 Å². The fraction of sp³-hybridized carbons (Fsp3) is 0. The summed E-state index contributed by atoms with van der Waals surface area (Å²) in [6, 6.07) is 38.6. The first-order chi connectivity index (χ1) is 18.0. The number of anilines is 5. The second-order valence-corrected chi connectivity index (χ2v) is 8.60. The van der Waals surface area contributed by atoms with Crippen molar-refractivity contribution in [3.05, 3.63) is 150 Å². The maximum atomic E-state index is 13.3. The van der Waals surface area contributed by atoms with E-state index in [0.29, 0.717) is 33.6 Å². The molecule has 5 aromatic carbocycles. The van der Waals surface area contributed by atoms with Crippen molar-refractivity contribution in [3.63, 3.8) is 0 Å². The smallest absolute Gasteiger partial charge is 0.195 e. The maximum absolute atomic E-state index is 13.3. The topological polar surface area (TPSA) is 89.4 Å². The van der Waals surface area contributed by atoms with E-state index in [1.165, 1.54) is 0 Å². The number of benzene rings is 5. The molecule has 0 aliphatic heterocycles. The lowest BCUT2D eigenvalue weighted by atomic mass is 9.99. The average molecular weight is 484 g/mol. The summed E-state index contributed by atoms with van der Waals surface area (Å²) in [6.07, 6.45) is 0. The zero-order valence-electron chi connectivity index (χ0n) is 20.0. The molecule has 0 amide bonds. The Kier molecular flexibility index (Phi) is 6.51.